The van der Waals surface area contributed by atoms with Crippen LogP contribution in [0.3, 0.4) is 0 Å². The van der Waals surface area contributed by atoms with Crippen LogP contribution >= 0.6 is 0 Å². The summed E-state index contributed by atoms with van der Waals surface area (Å²) in [6.45, 7) is 3.72. The first-order valence-corrected chi connectivity index (χ1v) is 5.21. The van der Waals surface area contributed by atoms with Crippen LogP contribution in [0.15, 0.2) is 18.3 Å². The first-order chi connectivity index (χ1) is 7.25. The van der Waals surface area contributed by atoms with Crippen molar-refractivity contribution < 1.29 is 9.13 Å². The fraction of sp³-hybridized carbons (Fsp3) is 0.545. The molecule has 1 aromatic heterocycles. The van der Waals surface area contributed by atoms with Crippen LogP contribution < -0.4 is 5.32 Å². The second kappa shape index (κ2) is 4.57. The van der Waals surface area contributed by atoms with Crippen molar-refractivity contribution in [3.05, 3.63) is 24.3 Å². The zero-order valence-corrected chi connectivity index (χ0v) is 8.74. The monoisotopic (exact) mass is 210 g/mol. The van der Waals surface area contributed by atoms with Gasteiger partial charge in [-0.2, -0.15) is 4.39 Å². The first-order valence-electron chi connectivity index (χ1n) is 5.21. The molecule has 4 heteroatoms. The quantitative estimate of drug-likeness (QED) is 0.775. The molecule has 1 aromatic rings. The minimum absolute atomic E-state index is 0.300. The highest BCUT2D eigenvalue weighted by atomic mass is 19.1. The summed E-state index contributed by atoms with van der Waals surface area (Å²) in [5.74, 6) is 0.0658. The van der Waals surface area contributed by atoms with Crippen molar-refractivity contribution in [2.45, 2.75) is 19.4 Å². The molecule has 2 atom stereocenters. The van der Waals surface area contributed by atoms with E-state index in [0.29, 0.717) is 12.0 Å². The number of anilines is 1. The van der Waals surface area contributed by atoms with E-state index in [1.165, 1.54) is 12.3 Å². The third-order valence-corrected chi connectivity index (χ3v) is 2.79. The molecule has 15 heavy (non-hydrogen) atoms. The number of hydrogen-bond acceptors (Lipinski definition) is 3. The highest BCUT2D eigenvalue weighted by molar-refractivity contribution is 5.42. The standard InChI is InChI=1S/C11H15FN2O/c1-8(9-3-5-15-7-9)14-10-2-4-13-11(12)6-10/h2,4,6,8-9H,3,5,7H2,1H3,(H,13,14). The number of ether oxygens (including phenoxy) is 1. The van der Waals surface area contributed by atoms with Gasteiger partial charge in [0.15, 0.2) is 0 Å². The molecule has 1 aliphatic rings. The summed E-state index contributed by atoms with van der Waals surface area (Å²) in [4.78, 5) is 3.51. The smallest absolute Gasteiger partial charge is 0.214 e. The van der Waals surface area contributed by atoms with Crippen LogP contribution in [-0.4, -0.2) is 24.2 Å². The molecule has 1 aliphatic heterocycles. The van der Waals surface area contributed by atoms with Gasteiger partial charge in [-0.15, -0.1) is 0 Å². The van der Waals surface area contributed by atoms with Gasteiger partial charge in [0.2, 0.25) is 5.95 Å². The average Bonchev–Trinajstić information content (AvgIpc) is 2.70. The number of nitrogens with zero attached hydrogens (tertiary/aromatic N) is 1. The van der Waals surface area contributed by atoms with Crippen LogP contribution in [0.1, 0.15) is 13.3 Å². The van der Waals surface area contributed by atoms with Gasteiger partial charge in [0.25, 0.3) is 0 Å². The Morgan fingerprint density at radius 3 is 3.20 bits per heavy atom. The Bertz CT molecular complexity index is 326. The largest absolute Gasteiger partial charge is 0.382 e. The van der Waals surface area contributed by atoms with Gasteiger partial charge in [-0.1, -0.05) is 0 Å². The normalized spacial score (nSPS) is 22.7. The number of aromatic nitrogens is 1. The molecule has 0 aromatic carbocycles. The maximum atomic E-state index is 12.8. The van der Waals surface area contributed by atoms with Gasteiger partial charge in [-0.05, 0) is 19.4 Å². The highest BCUT2D eigenvalue weighted by Crippen LogP contribution is 2.20. The lowest BCUT2D eigenvalue weighted by Crippen LogP contribution is -2.26. The number of halogens is 1. The van der Waals surface area contributed by atoms with Crippen molar-refractivity contribution in [1.29, 1.82) is 0 Å². The molecule has 2 unspecified atom stereocenters. The van der Waals surface area contributed by atoms with Crippen molar-refractivity contribution in [2.75, 3.05) is 18.5 Å². The summed E-state index contributed by atoms with van der Waals surface area (Å²) in [7, 11) is 0. The van der Waals surface area contributed by atoms with Crippen LogP contribution in [0.25, 0.3) is 0 Å². The molecular formula is C11H15FN2O. The van der Waals surface area contributed by atoms with E-state index < -0.39 is 5.95 Å². The maximum Gasteiger partial charge on any atom is 0.214 e. The molecule has 2 rings (SSSR count). The van der Waals surface area contributed by atoms with Gasteiger partial charge in [0.05, 0.1) is 6.61 Å². The van der Waals surface area contributed by atoms with Gasteiger partial charge in [0.1, 0.15) is 0 Å². The molecule has 0 bridgehead atoms. The number of rotatable bonds is 3. The van der Waals surface area contributed by atoms with Crippen molar-refractivity contribution in [1.82, 2.24) is 4.98 Å². The van der Waals surface area contributed by atoms with Crippen molar-refractivity contribution >= 4 is 5.69 Å². The molecule has 82 valence electrons. The fourth-order valence-electron chi connectivity index (χ4n) is 1.82. The fourth-order valence-corrected chi connectivity index (χ4v) is 1.82. The number of nitrogens with one attached hydrogen (secondary N) is 1. The molecule has 0 saturated carbocycles. The average molecular weight is 210 g/mol. The van der Waals surface area contributed by atoms with Crippen LogP contribution in [0.4, 0.5) is 10.1 Å². The molecule has 3 nitrogen and oxygen atoms in total. The van der Waals surface area contributed by atoms with E-state index in [0.717, 1.165) is 25.3 Å². The van der Waals surface area contributed by atoms with Crippen LogP contribution in [0.2, 0.25) is 0 Å². The third kappa shape index (κ3) is 2.65. The summed E-state index contributed by atoms with van der Waals surface area (Å²) in [5.41, 5.74) is 0.780. The summed E-state index contributed by atoms with van der Waals surface area (Å²) in [6.07, 6.45) is 2.54. The van der Waals surface area contributed by atoms with Gasteiger partial charge in [-0.3, -0.25) is 0 Å². The molecule has 1 fully saturated rings. The SMILES string of the molecule is CC(Nc1ccnc(F)c1)C1CCOC1. The summed E-state index contributed by atoms with van der Waals surface area (Å²) < 4.78 is 18.1. The molecular weight excluding hydrogens is 195 g/mol. The minimum atomic E-state index is -0.449. The van der Waals surface area contributed by atoms with Gasteiger partial charge < -0.3 is 10.1 Å². The lowest BCUT2D eigenvalue weighted by molar-refractivity contribution is 0.183. The minimum Gasteiger partial charge on any atom is -0.382 e. The van der Waals surface area contributed by atoms with Gasteiger partial charge in [0, 0.05) is 36.5 Å². The van der Waals surface area contributed by atoms with Crippen molar-refractivity contribution in [3.63, 3.8) is 0 Å². The summed E-state index contributed by atoms with van der Waals surface area (Å²) in [6, 6.07) is 3.48. The maximum absolute atomic E-state index is 12.8. The zero-order valence-electron chi connectivity index (χ0n) is 8.74. The second-order valence-corrected chi connectivity index (χ2v) is 3.92. The molecule has 1 saturated heterocycles. The third-order valence-electron chi connectivity index (χ3n) is 2.79. The van der Waals surface area contributed by atoms with Crippen LogP contribution in [0.5, 0.6) is 0 Å². The van der Waals surface area contributed by atoms with E-state index in [4.69, 9.17) is 4.74 Å². The van der Waals surface area contributed by atoms with Gasteiger partial charge >= 0.3 is 0 Å². The Hall–Kier alpha value is -1.16. The van der Waals surface area contributed by atoms with Gasteiger partial charge in [-0.25, -0.2) is 4.98 Å². The van der Waals surface area contributed by atoms with E-state index >= 15 is 0 Å². The van der Waals surface area contributed by atoms with Crippen molar-refractivity contribution in [3.8, 4) is 0 Å². The number of hydrogen-bond donors (Lipinski definition) is 1. The van der Waals surface area contributed by atoms with E-state index in [1.807, 2.05) is 0 Å². The molecule has 0 amide bonds. The zero-order chi connectivity index (χ0) is 10.7. The summed E-state index contributed by atoms with van der Waals surface area (Å²) in [5, 5.41) is 3.26. The Labute approximate surface area is 88.7 Å². The summed E-state index contributed by atoms with van der Waals surface area (Å²) >= 11 is 0. The van der Waals surface area contributed by atoms with E-state index in [2.05, 4.69) is 17.2 Å². The predicted octanol–water partition coefficient (Wildman–Crippen LogP) is 2.06. The molecule has 0 aliphatic carbocycles. The molecule has 0 radical (unpaired) electrons. The lowest BCUT2D eigenvalue weighted by Gasteiger charge is -2.20. The highest BCUT2D eigenvalue weighted by Gasteiger charge is 2.21. The first kappa shape index (κ1) is 10.4. The Morgan fingerprint density at radius 1 is 1.67 bits per heavy atom. The second-order valence-electron chi connectivity index (χ2n) is 3.92. The number of pyridine rings is 1. The van der Waals surface area contributed by atoms with E-state index in [1.54, 1.807) is 6.07 Å². The Balaban J connectivity index is 1.95. The molecule has 1 N–H and O–H groups in total. The molecule has 0 spiro atoms. The van der Waals surface area contributed by atoms with Crippen molar-refractivity contribution in [2.24, 2.45) is 5.92 Å². The Kier molecular flexibility index (Phi) is 3.16. The van der Waals surface area contributed by atoms with E-state index in [9.17, 15) is 4.39 Å². The van der Waals surface area contributed by atoms with Crippen LogP contribution in [-0.2, 0) is 4.74 Å². The predicted molar refractivity (Wildman–Crippen MR) is 56.2 cm³/mol. The lowest BCUT2D eigenvalue weighted by atomic mass is 10.0. The molecule has 2 heterocycles. The van der Waals surface area contributed by atoms with E-state index in [-0.39, 0.29) is 0 Å². The Morgan fingerprint density at radius 2 is 2.53 bits per heavy atom. The van der Waals surface area contributed by atoms with Crippen LogP contribution in [0, 0.1) is 11.9 Å². The topological polar surface area (TPSA) is 34.2 Å².